The van der Waals surface area contributed by atoms with E-state index in [2.05, 4.69) is 63.0 Å². The molecule has 2 atom stereocenters. The van der Waals surface area contributed by atoms with Gasteiger partial charge in [0.15, 0.2) is 0 Å². The second-order valence-electron chi connectivity index (χ2n) is 6.90. The molecule has 1 aliphatic rings. The van der Waals surface area contributed by atoms with Crippen molar-refractivity contribution in [1.29, 1.82) is 0 Å². The molecule has 1 aromatic rings. The first kappa shape index (κ1) is 16.5. The fraction of sp³-hybridized carbons (Fsp3) is 0.684. The summed E-state index contributed by atoms with van der Waals surface area (Å²) in [6.07, 6.45) is 2.72. The van der Waals surface area contributed by atoms with Crippen molar-refractivity contribution in [3.63, 3.8) is 0 Å². The van der Waals surface area contributed by atoms with Gasteiger partial charge < -0.3 is 5.32 Å². The van der Waals surface area contributed by atoms with Crippen molar-refractivity contribution in [3.05, 3.63) is 34.9 Å². The van der Waals surface area contributed by atoms with Gasteiger partial charge in [0.2, 0.25) is 0 Å². The lowest BCUT2D eigenvalue weighted by molar-refractivity contribution is 0.187. The number of nitrogens with one attached hydrogen (secondary N) is 1. The Hall–Kier alpha value is -0.860. The molecule has 1 fully saturated rings. The van der Waals surface area contributed by atoms with Gasteiger partial charge in [-0.15, -0.1) is 0 Å². The summed E-state index contributed by atoms with van der Waals surface area (Å²) in [5.41, 5.74) is 4.22. The van der Waals surface area contributed by atoms with E-state index in [4.69, 9.17) is 0 Å². The molecule has 1 aliphatic heterocycles. The fourth-order valence-corrected chi connectivity index (χ4v) is 3.58. The highest BCUT2D eigenvalue weighted by Gasteiger charge is 2.29. The van der Waals surface area contributed by atoms with Crippen molar-refractivity contribution < 1.29 is 0 Å². The Balaban J connectivity index is 2.13. The summed E-state index contributed by atoms with van der Waals surface area (Å²) in [6.45, 7) is 14.8. The topological polar surface area (TPSA) is 15.3 Å². The highest BCUT2D eigenvalue weighted by Crippen LogP contribution is 2.27. The van der Waals surface area contributed by atoms with Gasteiger partial charge in [0.05, 0.1) is 0 Å². The lowest BCUT2D eigenvalue weighted by atomic mass is 9.98. The molecule has 0 bridgehead atoms. The summed E-state index contributed by atoms with van der Waals surface area (Å²) in [4.78, 5) is 2.70. The van der Waals surface area contributed by atoms with E-state index in [1.165, 1.54) is 36.1 Å². The molecular weight excluding hydrogens is 256 g/mol. The zero-order valence-electron chi connectivity index (χ0n) is 14.4. The van der Waals surface area contributed by atoms with Crippen LogP contribution >= 0.6 is 0 Å². The van der Waals surface area contributed by atoms with Crippen LogP contribution in [0.15, 0.2) is 18.2 Å². The van der Waals surface area contributed by atoms with Crippen molar-refractivity contribution in [2.75, 3.05) is 19.6 Å². The summed E-state index contributed by atoms with van der Waals surface area (Å²) < 4.78 is 0. The zero-order valence-corrected chi connectivity index (χ0v) is 14.4. The van der Waals surface area contributed by atoms with Crippen LogP contribution < -0.4 is 5.32 Å². The number of likely N-dealkylation sites (tertiary alicyclic amines) is 1. The van der Waals surface area contributed by atoms with E-state index in [9.17, 15) is 0 Å². The predicted molar refractivity (Wildman–Crippen MR) is 91.8 cm³/mol. The number of aryl methyl sites for hydroxylation is 2. The van der Waals surface area contributed by atoms with Gasteiger partial charge in [-0.2, -0.15) is 0 Å². The first-order valence-corrected chi connectivity index (χ1v) is 8.57. The monoisotopic (exact) mass is 288 g/mol. The molecular formula is C19H32N2. The van der Waals surface area contributed by atoms with Gasteiger partial charge in [-0.1, -0.05) is 39.0 Å². The van der Waals surface area contributed by atoms with Crippen LogP contribution in [0.1, 0.15) is 56.3 Å². The third-order valence-corrected chi connectivity index (χ3v) is 4.98. The largest absolute Gasteiger partial charge is 0.309 e. The molecule has 1 N–H and O–H groups in total. The van der Waals surface area contributed by atoms with Gasteiger partial charge in [-0.3, -0.25) is 4.90 Å². The third-order valence-electron chi connectivity index (χ3n) is 4.98. The second-order valence-corrected chi connectivity index (χ2v) is 6.90. The van der Waals surface area contributed by atoms with Crippen molar-refractivity contribution in [2.24, 2.45) is 5.92 Å². The molecule has 118 valence electrons. The van der Waals surface area contributed by atoms with E-state index < -0.39 is 0 Å². The minimum Gasteiger partial charge on any atom is -0.309 e. The van der Waals surface area contributed by atoms with Crippen LogP contribution in [0, 0.1) is 19.8 Å². The summed E-state index contributed by atoms with van der Waals surface area (Å²) in [5.74, 6) is 0.759. The SMILES string of the molecule is CCNC(CN1CCCC1C(C)C)c1ccc(C)c(C)c1. The molecule has 0 amide bonds. The number of hydrogen-bond acceptors (Lipinski definition) is 2. The van der Waals surface area contributed by atoms with Crippen molar-refractivity contribution in [3.8, 4) is 0 Å². The van der Waals surface area contributed by atoms with Crippen LogP contribution in [0.3, 0.4) is 0 Å². The average Bonchev–Trinajstić information content (AvgIpc) is 2.90. The maximum absolute atomic E-state index is 3.69. The van der Waals surface area contributed by atoms with E-state index in [1.54, 1.807) is 0 Å². The third kappa shape index (κ3) is 4.08. The van der Waals surface area contributed by atoms with Crippen LogP contribution in [-0.4, -0.2) is 30.6 Å². The van der Waals surface area contributed by atoms with Crippen molar-refractivity contribution in [2.45, 2.75) is 59.5 Å². The summed E-state index contributed by atoms with van der Waals surface area (Å²) in [6, 6.07) is 8.14. The lowest BCUT2D eigenvalue weighted by Gasteiger charge is -2.32. The number of rotatable bonds is 6. The maximum Gasteiger partial charge on any atom is 0.0449 e. The van der Waals surface area contributed by atoms with Crippen LogP contribution in [0.4, 0.5) is 0 Å². The maximum atomic E-state index is 3.69. The van der Waals surface area contributed by atoms with Crippen LogP contribution in [0.25, 0.3) is 0 Å². The highest BCUT2D eigenvalue weighted by atomic mass is 15.2. The van der Waals surface area contributed by atoms with Gasteiger partial charge in [-0.25, -0.2) is 0 Å². The van der Waals surface area contributed by atoms with Gasteiger partial charge in [-0.05, 0) is 62.4 Å². The van der Waals surface area contributed by atoms with Crippen LogP contribution in [0.5, 0.6) is 0 Å². The first-order valence-electron chi connectivity index (χ1n) is 8.57. The standard InChI is InChI=1S/C19H32N2/c1-6-20-18(17-10-9-15(4)16(5)12-17)13-21-11-7-8-19(21)14(2)3/h9-10,12,14,18-20H,6-8,11,13H2,1-5H3. The second kappa shape index (κ2) is 7.42. The molecule has 1 aromatic carbocycles. The molecule has 21 heavy (non-hydrogen) atoms. The van der Waals surface area contributed by atoms with Gasteiger partial charge in [0.1, 0.15) is 0 Å². The molecule has 1 saturated heterocycles. The fourth-order valence-electron chi connectivity index (χ4n) is 3.58. The van der Waals surface area contributed by atoms with E-state index in [1.807, 2.05) is 0 Å². The molecule has 0 aliphatic carbocycles. The Kier molecular flexibility index (Phi) is 5.83. The lowest BCUT2D eigenvalue weighted by Crippen LogP contribution is -2.40. The molecule has 2 nitrogen and oxygen atoms in total. The molecule has 2 rings (SSSR count). The minimum atomic E-state index is 0.452. The smallest absolute Gasteiger partial charge is 0.0449 e. The number of hydrogen-bond donors (Lipinski definition) is 1. The zero-order chi connectivity index (χ0) is 15.4. The summed E-state index contributed by atoms with van der Waals surface area (Å²) in [7, 11) is 0. The molecule has 0 saturated carbocycles. The Morgan fingerprint density at radius 1 is 1.24 bits per heavy atom. The van der Waals surface area contributed by atoms with Gasteiger partial charge in [0, 0.05) is 18.6 Å². The van der Waals surface area contributed by atoms with Gasteiger partial charge >= 0.3 is 0 Å². The van der Waals surface area contributed by atoms with E-state index >= 15 is 0 Å². The molecule has 2 unspecified atom stereocenters. The number of benzene rings is 1. The average molecular weight is 288 g/mol. The Labute approximate surface area is 130 Å². The molecule has 0 radical (unpaired) electrons. The van der Waals surface area contributed by atoms with E-state index in [-0.39, 0.29) is 0 Å². The Morgan fingerprint density at radius 2 is 2.00 bits per heavy atom. The highest BCUT2D eigenvalue weighted by molar-refractivity contribution is 5.32. The molecule has 0 aromatic heterocycles. The van der Waals surface area contributed by atoms with Crippen LogP contribution in [-0.2, 0) is 0 Å². The Bertz CT molecular complexity index is 453. The summed E-state index contributed by atoms with van der Waals surface area (Å²) in [5, 5.41) is 3.69. The quantitative estimate of drug-likeness (QED) is 0.848. The molecule has 0 spiro atoms. The number of likely N-dealkylation sites (N-methyl/N-ethyl adjacent to an activating group) is 1. The molecule has 1 heterocycles. The summed E-state index contributed by atoms with van der Waals surface area (Å²) >= 11 is 0. The van der Waals surface area contributed by atoms with Crippen molar-refractivity contribution >= 4 is 0 Å². The predicted octanol–water partition coefficient (Wildman–Crippen LogP) is 4.07. The normalized spacial score (nSPS) is 21.1. The Morgan fingerprint density at radius 3 is 2.62 bits per heavy atom. The van der Waals surface area contributed by atoms with Gasteiger partial charge in [0.25, 0.3) is 0 Å². The van der Waals surface area contributed by atoms with E-state index in [0.717, 1.165) is 25.0 Å². The van der Waals surface area contributed by atoms with Crippen molar-refractivity contribution in [1.82, 2.24) is 10.2 Å². The molecule has 2 heteroatoms. The number of nitrogens with zero attached hydrogens (tertiary/aromatic N) is 1. The first-order chi connectivity index (χ1) is 10.0. The van der Waals surface area contributed by atoms with E-state index in [0.29, 0.717) is 6.04 Å². The minimum absolute atomic E-state index is 0.452. The van der Waals surface area contributed by atoms with Crippen LogP contribution in [0.2, 0.25) is 0 Å².